The first-order valence-corrected chi connectivity index (χ1v) is 7.47. The fraction of sp³-hybridized carbons (Fsp3) is 0.600. The highest BCUT2D eigenvalue weighted by Gasteiger charge is 2.28. The maximum absolute atomic E-state index is 12.2. The number of thiol groups is 1. The van der Waals surface area contributed by atoms with Gasteiger partial charge in [0.25, 0.3) is 5.56 Å². The van der Waals surface area contributed by atoms with Gasteiger partial charge in [0.05, 0.1) is 7.11 Å². The van der Waals surface area contributed by atoms with Crippen LogP contribution < -0.4 is 5.56 Å². The molecule has 1 aliphatic carbocycles. The molecule has 0 radical (unpaired) electrons. The van der Waals surface area contributed by atoms with Gasteiger partial charge in [-0.1, -0.05) is 25.7 Å². The van der Waals surface area contributed by atoms with Gasteiger partial charge in [-0.15, -0.1) is 12.6 Å². The molecule has 5 heteroatoms. The summed E-state index contributed by atoms with van der Waals surface area (Å²) in [4.78, 5) is 24.9. The van der Waals surface area contributed by atoms with Crippen LogP contribution in [0.25, 0.3) is 0 Å². The number of rotatable bonds is 4. The molecule has 1 fully saturated rings. The van der Waals surface area contributed by atoms with E-state index in [1.165, 1.54) is 26.0 Å². The molecule has 0 aromatic carbocycles. The van der Waals surface area contributed by atoms with E-state index < -0.39 is 6.04 Å². The van der Waals surface area contributed by atoms with Crippen LogP contribution in [-0.4, -0.2) is 17.6 Å². The highest BCUT2D eigenvalue weighted by atomic mass is 32.1. The molecule has 1 unspecified atom stereocenters. The molecule has 0 N–H and O–H groups in total. The van der Waals surface area contributed by atoms with Crippen LogP contribution in [0.1, 0.15) is 43.8 Å². The highest BCUT2D eigenvalue weighted by Crippen LogP contribution is 2.32. The average Bonchev–Trinajstić information content (AvgIpc) is 2.88. The van der Waals surface area contributed by atoms with Crippen molar-refractivity contribution in [1.82, 2.24) is 4.57 Å². The minimum atomic E-state index is -0.524. The Morgan fingerprint density at radius 2 is 2.10 bits per heavy atom. The number of ether oxygens (including phenoxy) is 1. The number of esters is 1. The summed E-state index contributed by atoms with van der Waals surface area (Å²) >= 11 is 4.20. The first kappa shape index (κ1) is 15.2. The molecule has 2 rings (SSSR count). The van der Waals surface area contributed by atoms with E-state index in [2.05, 4.69) is 12.6 Å². The fourth-order valence-electron chi connectivity index (χ4n) is 3.10. The molecule has 1 aliphatic rings. The van der Waals surface area contributed by atoms with E-state index in [0.717, 1.165) is 18.5 Å². The number of nitrogens with zero attached hydrogens (tertiary/aromatic N) is 1. The van der Waals surface area contributed by atoms with Crippen LogP contribution in [0, 0.1) is 12.8 Å². The van der Waals surface area contributed by atoms with Crippen molar-refractivity contribution in [3.63, 3.8) is 0 Å². The Morgan fingerprint density at radius 3 is 2.65 bits per heavy atom. The average molecular weight is 295 g/mol. The van der Waals surface area contributed by atoms with Gasteiger partial charge in [-0.3, -0.25) is 9.36 Å². The molecule has 1 heterocycles. The van der Waals surface area contributed by atoms with Gasteiger partial charge >= 0.3 is 5.97 Å². The lowest BCUT2D eigenvalue weighted by atomic mass is 9.98. The zero-order valence-corrected chi connectivity index (χ0v) is 12.9. The van der Waals surface area contributed by atoms with E-state index >= 15 is 0 Å². The summed E-state index contributed by atoms with van der Waals surface area (Å²) in [5.41, 5.74) is 0.555. The number of carbonyl (C=O) groups is 1. The molecular weight excluding hydrogens is 274 g/mol. The third kappa shape index (κ3) is 3.26. The second-order valence-corrected chi connectivity index (χ2v) is 6.00. The standard InChI is InChI=1S/C15H21NO3S/c1-10-7-12(20)9-14(17)16(10)13(15(18)19-2)8-11-5-3-4-6-11/h7,9,11,13,20H,3-6,8H2,1-2H3. The van der Waals surface area contributed by atoms with Gasteiger partial charge in [-0.2, -0.15) is 0 Å². The number of aromatic nitrogens is 1. The Balaban J connectivity index is 2.35. The minimum absolute atomic E-state index is 0.191. The summed E-state index contributed by atoms with van der Waals surface area (Å²) in [7, 11) is 1.37. The van der Waals surface area contributed by atoms with Crippen LogP contribution in [0.4, 0.5) is 0 Å². The molecule has 0 aliphatic heterocycles. The molecule has 1 aromatic heterocycles. The maximum Gasteiger partial charge on any atom is 0.328 e. The van der Waals surface area contributed by atoms with Crippen LogP contribution in [0.2, 0.25) is 0 Å². The summed E-state index contributed by atoms with van der Waals surface area (Å²) in [6, 6.07) is 2.72. The highest BCUT2D eigenvalue weighted by molar-refractivity contribution is 7.80. The predicted octanol–water partition coefficient (Wildman–Crippen LogP) is 2.74. The van der Waals surface area contributed by atoms with E-state index in [4.69, 9.17) is 4.74 Å². The Labute approximate surface area is 124 Å². The number of pyridine rings is 1. The molecule has 1 aromatic rings. The first-order chi connectivity index (χ1) is 9.52. The molecule has 0 amide bonds. The Morgan fingerprint density at radius 1 is 1.45 bits per heavy atom. The largest absolute Gasteiger partial charge is 0.467 e. The summed E-state index contributed by atoms with van der Waals surface area (Å²) in [5, 5.41) is 0. The van der Waals surface area contributed by atoms with Crippen molar-refractivity contribution < 1.29 is 9.53 Å². The van der Waals surface area contributed by atoms with Crippen LogP contribution in [-0.2, 0) is 9.53 Å². The Hall–Kier alpha value is -1.23. The van der Waals surface area contributed by atoms with E-state index in [0.29, 0.717) is 17.2 Å². The van der Waals surface area contributed by atoms with Crippen molar-refractivity contribution in [2.45, 2.75) is 50.0 Å². The van der Waals surface area contributed by atoms with E-state index in [1.807, 2.05) is 6.92 Å². The lowest BCUT2D eigenvalue weighted by molar-refractivity contribution is -0.145. The topological polar surface area (TPSA) is 48.3 Å². The molecule has 1 saturated carbocycles. The molecule has 0 bridgehead atoms. The van der Waals surface area contributed by atoms with Gasteiger partial charge in [0, 0.05) is 16.7 Å². The molecular formula is C15H21NO3S. The van der Waals surface area contributed by atoms with Crippen molar-refractivity contribution in [2.75, 3.05) is 7.11 Å². The summed E-state index contributed by atoms with van der Waals surface area (Å²) < 4.78 is 6.45. The maximum atomic E-state index is 12.2. The smallest absolute Gasteiger partial charge is 0.328 e. The normalized spacial score (nSPS) is 17.1. The van der Waals surface area contributed by atoms with Crippen LogP contribution in [0.3, 0.4) is 0 Å². The molecule has 0 spiro atoms. The summed E-state index contributed by atoms with van der Waals surface area (Å²) in [5.74, 6) is 0.162. The van der Waals surface area contributed by atoms with Crippen molar-refractivity contribution in [3.8, 4) is 0 Å². The van der Waals surface area contributed by atoms with Crippen LogP contribution >= 0.6 is 12.6 Å². The lowest BCUT2D eigenvalue weighted by Crippen LogP contribution is -2.33. The van der Waals surface area contributed by atoms with E-state index in [-0.39, 0.29) is 11.5 Å². The second-order valence-electron chi connectivity index (χ2n) is 5.49. The number of aryl methyl sites for hydroxylation is 1. The summed E-state index contributed by atoms with van der Waals surface area (Å²) in [6.07, 6.45) is 5.36. The zero-order valence-electron chi connectivity index (χ0n) is 12.0. The van der Waals surface area contributed by atoms with Crippen molar-refractivity contribution in [1.29, 1.82) is 0 Å². The number of methoxy groups -OCH3 is 1. The number of hydrogen-bond donors (Lipinski definition) is 1. The van der Waals surface area contributed by atoms with Gasteiger partial charge in [0.15, 0.2) is 0 Å². The minimum Gasteiger partial charge on any atom is -0.467 e. The molecule has 110 valence electrons. The zero-order chi connectivity index (χ0) is 14.7. The SMILES string of the molecule is COC(=O)C(CC1CCCC1)n1c(C)cc(S)cc1=O. The predicted molar refractivity (Wildman–Crippen MR) is 80.3 cm³/mol. The van der Waals surface area contributed by atoms with Crippen molar-refractivity contribution >= 4 is 18.6 Å². The second kappa shape index (κ2) is 6.48. The Kier molecular flexibility index (Phi) is 4.91. The number of carbonyl (C=O) groups excluding carboxylic acids is 1. The molecule has 0 saturated heterocycles. The third-order valence-electron chi connectivity index (χ3n) is 4.06. The lowest BCUT2D eigenvalue weighted by Gasteiger charge is -2.22. The van der Waals surface area contributed by atoms with Gasteiger partial charge < -0.3 is 4.74 Å². The quantitative estimate of drug-likeness (QED) is 0.686. The van der Waals surface area contributed by atoms with Crippen LogP contribution in [0.5, 0.6) is 0 Å². The van der Waals surface area contributed by atoms with Gasteiger partial charge in [0.2, 0.25) is 0 Å². The number of hydrogen-bond acceptors (Lipinski definition) is 4. The van der Waals surface area contributed by atoms with Gasteiger partial charge in [-0.25, -0.2) is 4.79 Å². The molecule has 20 heavy (non-hydrogen) atoms. The van der Waals surface area contributed by atoms with Gasteiger partial charge in [-0.05, 0) is 25.3 Å². The fourth-order valence-corrected chi connectivity index (χ4v) is 3.40. The monoisotopic (exact) mass is 295 g/mol. The Bertz CT molecular complexity index is 547. The van der Waals surface area contributed by atoms with Crippen molar-refractivity contribution in [2.24, 2.45) is 5.92 Å². The van der Waals surface area contributed by atoms with E-state index in [9.17, 15) is 9.59 Å². The molecule has 4 nitrogen and oxygen atoms in total. The van der Waals surface area contributed by atoms with Gasteiger partial charge in [0.1, 0.15) is 6.04 Å². The first-order valence-electron chi connectivity index (χ1n) is 7.03. The van der Waals surface area contributed by atoms with E-state index in [1.54, 1.807) is 10.6 Å². The summed E-state index contributed by atoms with van der Waals surface area (Å²) in [6.45, 7) is 1.83. The van der Waals surface area contributed by atoms with Crippen molar-refractivity contribution in [3.05, 3.63) is 28.2 Å². The molecule has 1 atom stereocenters. The van der Waals surface area contributed by atoms with Crippen LogP contribution in [0.15, 0.2) is 21.8 Å². The third-order valence-corrected chi connectivity index (χ3v) is 4.32.